The van der Waals surface area contributed by atoms with E-state index >= 15 is 0 Å². The predicted octanol–water partition coefficient (Wildman–Crippen LogP) is 3.36. The maximum Gasteiger partial charge on any atom is 0.311 e. The minimum atomic E-state index is -0.219. The number of carbonyl (C=O) groups is 1. The zero-order chi connectivity index (χ0) is 19.4. The monoisotopic (exact) mass is 386 g/mol. The van der Waals surface area contributed by atoms with Crippen molar-refractivity contribution in [2.45, 2.75) is 56.5 Å². The molecule has 6 rings (SSSR count). The molecule has 0 amide bonds. The van der Waals surface area contributed by atoms with Crippen molar-refractivity contribution in [2.75, 3.05) is 20.2 Å². The van der Waals surface area contributed by atoms with E-state index in [1.165, 1.54) is 25.5 Å². The van der Waals surface area contributed by atoms with Crippen LogP contribution in [0.15, 0.2) is 24.3 Å². The van der Waals surface area contributed by atoms with Gasteiger partial charge >= 0.3 is 5.97 Å². The van der Waals surface area contributed by atoms with Crippen molar-refractivity contribution in [3.05, 3.63) is 35.6 Å². The van der Waals surface area contributed by atoms with Gasteiger partial charge in [0.15, 0.2) is 0 Å². The van der Waals surface area contributed by atoms with Crippen molar-refractivity contribution in [3.63, 3.8) is 0 Å². The molecule has 1 aromatic rings. The Kier molecular flexibility index (Phi) is 4.51. The van der Waals surface area contributed by atoms with Crippen LogP contribution in [0, 0.1) is 29.0 Å². The van der Waals surface area contributed by atoms with Crippen LogP contribution in [-0.2, 0) is 15.1 Å². The quantitative estimate of drug-likeness (QED) is 0.762. The third-order valence-corrected chi connectivity index (χ3v) is 8.17. The van der Waals surface area contributed by atoms with Crippen LogP contribution in [-0.4, -0.2) is 32.2 Å². The molecule has 4 aliphatic carbocycles. The zero-order valence-corrected chi connectivity index (χ0v) is 16.7. The van der Waals surface area contributed by atoms with E-state index in [1.807, 2.05) is 12.1 Å². The Morgan fingerprint density at radius 1 is 1.21 bits per heavy atom. The van der Waals surface area contributed by atoms with Crippen LogP contribution in [0.5, 0.6) is 0 Å². The van der Waals surface area contributed by atoms with Gasteiger partial charge in [0.1, 0.15) is 5.82 Å². The molecule has 0 aromatic heterocycles. The lowest BCUT2D eigenvalue weighted by atomic mass is 9.48. The summed E-state index contributed by atoms with van der Waals surface area (Å²) < 4.78 is 18.6. The second-order valence-electron chi connectivity index (χ2n) is 9.77. The summed E-state index contributed by atoms with van der Waals surface area (Å²) in [4.78, 5) is 12.5. The minimum absolute atomic E-state index is 0.0191. The van der Waals surface area contributed by atoms with E-state index in [4.69, 9.17) is 4.74 Å². The molecule has 0 radical (unpaired) electrons. The van der Waals surface area contributed by atoms with E-state index in [0.29, 0.717) is 23.8 Å². The Labute approximate surface area is 166 Å². The first-order chi connectivity index (χ1) is 13.5. The molecule has 2 unspecified atom stereocenters. The normalized spacial score (nSPS) is 41.4. The van der Waals surface area contributed by atoms with Crippen molar-refractivity contribution in [2.24, 2.45) is 23.2 Å². The summed E-state index contributed by atoms with van der Waals surface area (Å²) >= 11 is 0. The molecule has 1 heterocycles. The van der Waals surface area contributed by atoms with Gasteiger partial charge < -0.3 is 15.4 Å². The molecule has 3 atom stereocenters. The van der Waals surface area contributed by atoms with Crippen molar-refractivity contribution >= 4 is 5.97 Å². The van der Waals surface area contributed by atoms with Crippen LogP contribution in [0.4, 0.5) is 4.39 Å². The maximum atomic E-state index is 13.4. The summed E-state index contributed by atoms with van der Waals surface area (Å²) in [5, 5.41) is 7.63. The summed E-state index contributed by atoms with van der Waals surface area (Å²) in [5.74, 6) is 1.66. The molecule has 1 aromatic carbocycles. The van der Waals surface area contributed by atoms with Crippen LogP contribution in [0.3, 0.4) is 0 Å². The summed E-state index contributed by atoms with van der Waals surface area (Å²) in [6.45, 7) is 1.87. The third-order valence-electron chi connectivity index (χ3n) is 8.17. The predicted molar refractivity (Wildman–Crippen MR) is 105 cm³/mol. The van der Waals surface area contributed by atoms with Gasteiger partial charge in [-0.3, -0.25) is 4.79 Å². The summed E-state index contributed by atoms with van der Waals surface area (Å²) in [6.07, 6.45) is 7.67. The van der Waals surface area contributed by atoms with Gasteiger partial charge in [-0.1, -0.05) is 12.1 Å². The van der Waals surface area contributed by atoms with E-state index in [9.17, 15) is 9.18 Å². The van der Waals surface area contributed by atoms with Gasteiger partial charge in [0.2, 0.25) is 0 Å². The smallest absolute Gasteiger partial charge is 0.311 e. The van der Waals surface area contributed by atoms with Gasteiger partial charge in [-0.05, 0) is 86.9 Å². The van der Waals surface area contributed by atoms with E-state index in [-0.39, 0.29) is 22.7 Å². The fourth-order valence-corrected chi connectivity index (χ4v) is 7.19. The molecule has 5 aliphatic rings. The molecule has 0 spiro atoms. The number of ether oxygens (including phenoxy) is 1. The van der Waals surface area contributed by atoms with E-state index < -0.39 is 0 Å². The van der Waals surface area contributed by atoms with Gasteiger partial charge in [-0.15, -0.1) is 0 Å². The topological polar surface area (TPSA) is 50.4 Å². The molecule has 4 saturated carbocycles. The SMILES string of the molecule is COC(=O)C12CC3CC(C1)C(NC[C@]1(c4ccc(F)cc4)CCCN1)C(C3)C2. The van der Waals surface area contributed by atoms with Gasteiger partial charge in [-0.25, -0.2) is 4.39 Å². The fraction of sp³-hybridized carbons (Fsp3) is 0.696. The van der Waals surface area contributed by atoms with Crippen LogP contribution in [0.1, 0.15) is 50.5 Å². The highest BCUT2D eigenvalue weighted by Gasteiger charge is 2.59. The first-order valence-electron chi connectivity index (χ1n) is 10.9. The Morgan fingerprint density at radius 3 is 2.54 bits per heavy atom. The van der Waals surface area contributed by atoms with Gasteiger partial charge in [-0.2, -0.15) is 0 Å². The standard InChI is InChI=1S/C23H31FN2O2/c1-28-21(27)22-11-15-9-16(12-22)20(17(10-15)13-22)25-14-23(7-2-8-26-23)18-3-5-19(24)6-4-18/h3-6,15-17,20,25-26H,2,7-14H2,1H3/t15?,16?,17?,20?,22?,23-/m0/s1. The summed E-state index contributed by atoms with van der Waals surface area (Å²) in [6, 6.07) is 7.48. The van der Waals surface area contributed by atoms with Gasteiger partial charge in [0.25, 0.3) is 0 Å². The first-order valence-corrected chi connectivity index (χ1v) is 10.9. The van der Waals surface area contributed by atoms with Crippen LogP contribution < -0.4 is 10.6 Å². The fourth-order valence-electron chi connectivity index (χ4n) is 7.19. The number of carbonyl (C=O) groups excluding carboxylic acids is 1. The zero-order valence-electron chi connectivity index (χ0n) is 16.7. The lowest BCUT2D eigenvalue weighted by Crippen LogP contribution is -2.62. The number of benzene rings is 1. The lowest BCUT2D eigenvalue weighted by Gasteiger charge is -2.59. The second kappa shape index (κ2) is 6.81. The summed E-state index contributed by atoms with van der Waals surface area (Å²) in [7, 11) is 1.54. The molecule has 4 nitrogen and oxygen atoms in total. The molecule has 2 N–H and O–H groups in total. The van der Waals surface area contributed by atoms with Crippen LogP contribution in [0.2, 0.25) is 0 Å². The van der Waals surface area contributed by atoms with E-state index in [0.717, 1.165) is 45.2 Å². The molecular weight excluding hydrogens is 355 g/mol. The number of hydrogen-bond acceptors (Lipinski definition) is 4. The highest BCUT2D eigenvalue weighted by Crippen LogP contribution is 2.60. The molecule has 28 heavy (non-hydrogen) atoms. The molecule has 5 fully saturated rings. The molecule has 1 saturated heterocycles. The van der Waals surface area contributed by atoms with Gasteiger partial charge in [0.05, 0.1) is 18.1 Å². The minimum Gasteiger partial charge on any atom is -0.469 e. The van der Waals surface area contributed by atoms with E-state index in [2.05, 4.69) is 10.6 Å². The highest BCUT2D eigenvalue weighted by atomic mass is 19.1. The van der Waals surface area contributed by atoms with Crippen molar-refractivity contribution < 1.29 is 13.9 Å². The largest absolute Gasteiger partial charge is 0.469 e. The van der Waals surface area contributed by atoms with E-state index in [1.54, 1.807) is 12.1 Å². The number of halogens is 1. The number of methoxy groups -OCH3 is 1. The Morgan fingerprint density at radius 2 is 1.93 bits per heavy atom. The van der Waals surface area contributed by atoms with Crippen LogP contribution >= 0.6 is 0 Å². The Balaban J connectivity index is 1.33. The first kappa shape index (κ1) is 18.6. The number of hydrogen-bond donors (Lipinski definition) is 2. The third kappa shape index (κ3) is 2.89. The van der Waals surface area contributed by atoms with Crippen molar-refractivity contribution in [1.29, 1.82) is 0 Å². The average molecular weight is 387 g/mol. The highest BCUT2D eigenvalue weighted by molar-refractivity contribution is 5.77. The molecule has 4 bridgehead atoms. The molecule has 1 aliphatic heterocycles. The maximum absolute atomic E-state index is 13.4. The number of nitrogens with one attached hydrogen (secondary N) is 2. The average Bonchev–Trinajstić information content (AvgIpc) is 3.17. The number of rotatable bonds is 5. The Bertz CT molecular complexity index is 727. The van der Waals surface area contributed by atoms with Crippen molar-refractivity contribution in [1.82, 2.24) is 10.6 Å². The second-order valence-corrected chi connectivity index (χ2v) is 9.77. The van der Waals surface area contributed by atoms with Crippen LogP contribution in [0.25, 0.3) is 0 Å². The Hall–Kier alpha value is -1.46. The molecule has 5 heteroatoms. The molecular formula is C23H31FN2O2. The van der Waals surface area contributed by atoms with Crippen molar-refractivity contribution in [3.8, 4) is 0 Å². The lowest BCUT2D eigenvalue weighted by molar-refractivity contribution is -0.171. The molecule has 152 valence electrons. The summed E-state index contributed by atoms with van der Waals surface area (Å²) in [5.41, 5.74) is 0.847. The van der Waals surface area contributed by atoms with Gasteiger partial charge in [0, 0.05) is 12.6 Å². The number of esters is 1.